The molecule has 2 aliphatic heterocycles. The maximum absolute atomic E-state index is 12.7. The first-order chi connectivity index (χ1) is 12.9. The van der Waals surface area contributed by atoms with Gasteiger partial charge < -0.3 is 15.0 Å². The fourth-order valence-electron chi connectivity index (χ4n) is 3.72. The van der Waals surface area contributed by atoms with Crippen LogP contribution in [0.15, 0.2) is 24.3 Å². The van der Waals surface area contributed by atoms with Crippen molar-refractivity contribution < 1.29 is 9.53 Å². The normalized spacial score (nSPS) is 19.9. The first-order valence-electron chi connectivity index (χ1n) is 10.1. The molecule has 2 fully saturated rings. The number of hydrogen-bond donors (Lipinski definition) is 1. The summed E-state index contributed by atoms with van der Waals surface area (Å²) in [6.07, 6.45) is 0. The summed E-state index contributed by atoms with van der Waals surface area (Å²) in [4.78, 5) is 19.6. The van der Waals surface area contributed by atoms with Crippen LogP contribution in [-0.4, -0.2) is 86.3 Å². The summed E-state index contributed by atoms with van der Waals surface area (Å²) < 4.78 is 5.40. The Morgan fingerprint density at radius 3 is 2.19 bits per heavy atom. The molecule has 0 atom stereocenters. The van der Waals surface area contributed by atoms with Crippen molar-refractivity contribution >= 4 is 11.7 Å². The van der Waals surface area contributed by atoms with Crippen molar-refractivity contribution in [3.63, 3.8) is 0 Å². The Hall–Kier alpha value is -1.63. The van der Waals surface area contributed by atoms with Crippen LogP contribution in [0.3, 0.4) is 0 Å². The second kappa shape index (κ2) is 9.04. The highest BCUT2D eigenvalue weighted by atomic mass is 16.5. The molecular formula is C21H34N4O2. The number of amides is 2. The number of hydrogen-bond acceptors (Lipinski definition) is 4. The number of anilines is 1. The molecule has 0 bridgehead atoms. The van der Waals surface area contributed by atoms with Gasteiger partial charge in [0.15, 0.2) is 0 Å². The van der Waals surface area contributed by atoms with Crippen LogP contribution < -0.4 is 5.32 Å². The van der Waals surface area contributed by atoms with Crippen molar-refractivity contribution in [2.45, 2.75) is 26.2 Å². The minimum atomic E-state index is 0.00205. The lowest BCUT2D eigenvalue weighted by molar-refractivity contribution is 0.0311. The predicted molar refractivity (Wildman–Crippen MR) is 109 cm³/mol. The maximum Gasteiger partial charge on any atom is 0.321 e. The van der Waals surface area contributed by atoms with Crippen LogP contribution in [0, 0.1) is 0 Å². The fraction of sp³-hybridized carbons (Fsp3) is 0.667. The van der Waals surface area contributed by atoms with Crippen molar-refractivity contribution in [3.05, 3.63) is 29.8 Å². The quantitative estimate of drug-likeness (QED) is 0.880. The molecular weight excluding hydrogens is 340 g/mol. The van der Waals surface area contributed by atoms with E-state index < -0.39 is 0 Å². The van der Waals surface area contributed by atoms with E-state index in [1.54, 1.807) is 0 Å². The topological polar surface area (TPSA) is 48.1 Å². The minimum absolute atomic E-state index is 0.00205. The molecule has 0 radical (unpaired) electrons. The van der Waals surface area contributed by atoms with Gasteiger partial charge in [-0.15, -0.1) is 0 Å². The van der Waals surface area contributed by atoms with E-state index in [0.29, 0.717) is 0 Å². The van der Waals surface area contributed by atoms with Gasteiger partial charge in [-0.2, -0.15) is 0 Å². The van der Waals surface area contributed by atoms with Crippen molar-refractivity contribution in [3.8, 4) is 0 Å². The van der Waals surface area contributed by atoms with Crippen LogP contribution in [0.2, 0.25) is 0 Å². The van der Waals surface area contributed by atoms with Gasteiger partial charge in [0.25, 0.3) is 0 Å². The Labute approximate surface area is 163 Å². The monoisotopic (exact) mass is 374 g/mol. The van der Waals surface area contributed by atoms with E-state index in [9.17, 15) is 4.79 Å². The first-order valence-corrected chi connectivity index (χ1v) is 10.1. The van der Waals surface area contributed by atoms with Crippen LogP contribution in [0.25, 0.3) is 0 Å². The Morgan fingerprint density at radius 1 is 0.963 bits per heavy atom. The van der Waals surface area contributed by atoms with Gasteiger partial charge in [0.05, 0.1) is 13.2 Å². The third-order valence-corrected chi connectivity index (χ3v) is 5.47. The summed E-state index contributed by atoms with van der Waals surface area (Å²) in [6.45, 7) is 15.9. The lowest BCUT2D eigenvalue weighted by Gasteiger charge is -2.36. The number of benzene rings is 1. The Morgan fingerprint density at radius 2 is 1.56 bits per heavy atom. The van der Waals surface area contributed by atoms with E-state index in [0.717, 1.165) is 71.3 Å². The summed E-state index contributed by atoms with van der Waals surface area (Å²) in [5, 5.41) is 3.13. The molecule has 2 heterocycles. The molecule has 0 aromatic heterocycles. The lowest BCUT2D eigenvalue weighted by atomic mass is 9.86. The number of nitrogens with one attached hydrogen (secondary N) is 1. The van der Waals surface area contributed by atoms with E-state index >= 15 is 0 Å². The van der Waals surface area contributed by atoms with Gasteiger partial charge in [-0.1, -0.05) is 39.0 Å². The minimum Gasteiger partial charge on any atom is -0.379 e. The van der Waals surface area contributed by atoms with Crippen molar-refractivity contribution in [1.82, 2.24) is 14.7 Å². The number of piperazine rings is 1. The second-order valence-electron chi connectivity index (χ2n) is 8.51. The molecule has 0 aliphatic carbocycles. The zero-order valence-corrected chi connectivity index (χ0v) is 17.0. The Bertz CT molecular complexity index is 615. The summed E-state index contributed by atoms with van der Waals surface area (Å²) in [5.74, 6) is 0. The largest absolute Gasteiger partial charge is 0.379 e. The lowest BCUT2D eigenvalue weighted by Crippen LogP contribution is -2.52. The van der Waals surface area contributed by atoms with E-state index in [1.165, 1.54) is 5.56 Å². The van der Waals surface area contributed by atoms with E-state index in [-0.39, 0.29) is 11.4 Å². The third-order valence-electron chi connectivity index (χ3n) is 5.47. The van der Waals surface area contributed by atoms with Crippen LogP contribution >= 0.6 is 0 Å². The van der Waals surface area contributed by atoms with Crippen LogP contribution in [-0.2, 0) is 10.2 Å². The van der Waals surface area contributed by atoms with E-state index in [1.807, 2.05) is 23.1 Å². The SMILES string of the molecule is CC(C)(C)c1ccccc1NC(=O)N1CCN(CCN2CCOCC2)CC1. The average Bonchev–Trinajstić information content (AvgIpc) is 2.67. The summed E-state index contributed by atoms with van der Waals surface area (Å²) in [7, 11) is 0. The smallest absolute Gasteiger partial charge is 0.321 e. The van der Waals surface area contributed by atoms with Crippen molar-refractivity contribution in [1.29, 1.82) is 0 Å². The fourth-order valence-corrected chi connectivity index (χ4v) is 3.72. The summed E-state index contributed by atoms with van der Waals surface area (Å²) in [6, 6.07) is 8.12. The number of carbonyl (C=O) groups is 1. The van der Waals surface area contributed by atoms with Gasteiger partial charge in [-0.3, -0.25) is 9.80 Å². The molecule has 0 unspecified atom stereocenters. The van der Waals surface area contributed by atoms with Crippen LogP contribution in [0.4, 0.5) is 10.5 Å². The molecule has 2 aliphatic rings. The first kappa shape index (κ1) is 20.1. The standard InChI is InChI=1S/C21H34N4O2/c1-21(2,3)18-6-4-5-7-19(18)22-20(26)25-12-10-23(11-13-25)8-9-24-14-16-27-17-15-24/h4-7H,8-17H2,1-3H3,(H,22,26). The molecule has 3 rings (SSSR count). The zero-order valence-electron chi connectivity index (χ0n) is 17.0. The number of morpholine rings is 1. The number of para-hydroxylation sites is 1. The van der Waals surface area contributed by atoms with Crippen molar-refractivity contribution in [2.24, 2.45) is 0 Å². The third kappa shape index (κ3) is 5.67. The Balaban J connectivity index is 1.46. The molecule has 27 heavy (non-hydrogen) atoms. The summed E-state index contributed by atoms with van der Waals surface area (Å²) in [5.41, 5.74) is 2.09. The molecule has 2 saturated heterocycles. The van der Waals surface area contributed by atoms with Crippen LogP contribution in [0.1, 0.15) is 26.3 Å². The molecule has 1 aromatic rings. The Kier molecular flexibility index (Phi) is 6.73. The summed E-state index contributed by atoms with van der Waals surface area (Å²) >= 11 is 0. The molecule has 6 nitrogen and oxygen atoms in total. The number of rotatable bonds is 4. The van der Waals surface area contributed by atoms with E-state index in [4.69, 9.17) is 4.74 Å². The number of carbonyl (C=O) groups excluding carboxylic acids is 1. The number of urea groups is 1. The molecule has 1 aromatic carbocycles. The maximum atomic E-state index is 12.7. The number of ether oxygens (including phenoxy) is 1. The van der Waals surface area contributed by atoms with Gasteiger partial charge >= 0.3 is 6.03 Å². The van der Waals surface area contributed by atoms with Gasteiger partial charge in [0.1, 0.15) is 0 Å². The molecule has 0 spiro atoms. The number of nitrogens with zero attached hydrogens (tertiary/aromatic N) is 3. The highest BCUT2D eigenvalue weighted by molar-refractivity contribution is 5.90. The average molecular weight is 375 g/mol. The zero-order chi connectivity index (χ0) is 19.3. The van der Waals surface area contributed by atoms with Gasteiger partial charge in [-0.05, 0) is 17.0 Å². The molecule has 150 valence electrons. The molecule has 0 saturated carbocycles. The highest BCUT2D eigenvalue weighted by Crippen LogP contribution is 2.29. The van der Waals surface area contributed by atoms with E-state index in [2.05, 4.69) is 42.0 Å². The molecule has 6 heteroatoms. The van der Waals surface area contributed by atoms with Crippen molar-refractivity contribution in [2.75, 3.05) is 70.9 Å². The van der Waals surface area contributed by atoms with Crippen LogP contribution in [0.5, 0.6) is 0 Å². The highest BCUT2D eigenvalue weighted by Gasteiger charge is 2.24. The molecule has 2 amide bonds. The predicted octanol–water partition coefficient (Wildman–Crippen LogP) is 2.47. The second-order valence-corrected chi connectivity index (χ2v) is 8.51. The molecule has 1 N–H and O–H groups in total. The van der Waals surface area contributed by atoms with Gasteiger partial charge in [-0.25, -0.2) is 4.79 Å². The van der Waals surface area contributed by atoms with Gasteiger partial charge in [0.2, 0.25) is 0 Å². The van der Waals surface area contributed by atoms with Gasteiger partial charge in [0, 0.05) is 58.0 Å².